The minimum absolute atomic E-state index is 0.111. The van der Waals surface area contributed by atoms with Crippen molar-refractivity contribution in [1.29, 1.82) is 0 Å². The second-order valence-corrected chi connectivity index (χ2v) is 16.2. The van der Waals surface area contributed by atoms with Gasteiger partial charge < -0.3 is 19.4 Å². The first-order valence-electron chi connectivity index (χ1n) is 12.1. The maximum absolute atomic E-state index is 13.1. The predicted molar refractivity (Wildman–Crippen MR) is 147 cm³/mol. The lowest BCUT2D eigenvalue weighted by Crippen LogP contribution is -2.48. The smallest absolute Gasteiger partial charge is 0.344 e. The topological polar surface area (TPSA) is 76.6 Å². The van der Waals surface area contributed by atoms with Crippen molar-refractivity contribution in [3.8, 4) is 0 Å². The summed E-state index contributed by atoms with van der Waals surface area (Å²) in [4.78, 5) is 24.3. The van der Waals surface area contributed by atoms with Gasteiger partial charge in [-0.25, -0.2) is 14.8 Å². The highest BCUT2D eigenvalue weighted by atomic mass is 32.2. The standard InChI is InChI=1S/C25H46N4O3SSi/c1-12-14-16-25(6,18-32-34(10,11)24(3,4)5)28-21-20(22(30)31-13-2)19(15-17-29(7)8)26-23(27-21)33-9/h15,17H,12-14,16,18H2,1-11H3,(H,26,27,28). The third-order valence-electron chi connectivity index (χ3n) is 6.17. The quantitative estimate of drug-likeness (QED) is 0.144. The highest BCUT2D eigenvalue weighted by Crippen LogP contribution is 2.38. The van der Waals surface area contributed by atoms with Gasteiger partial charge in [-0.15, -0.1) is 0 Å². The number of carbonyl (C=O) groups excluding carboxylic acids is 1. The number of esters is 1. The number of carbonyl (C=O) groups is 1. The Kier molecular flexibility index (Phi) is 11.6. The Labute approximate surface area is 212 Å². The van der Waals surface area contributed by atoms with Crippen molar-refractivity contribution >= 4 is 37.9 Å². The molecule has 1 aromatic heterocycles. The van der Waals surface area contributed by atoms with E-state index in [1.165, 1.54) is 11.8 Å². The summed E-state index contributed by atoms with van der Waals surface area (Å²) in [7, 11) is 1.90. The van der Waals surface area contributed by atoms with Gasteiger partial charge in [-0.05, 0) is 50.7 Å². The van der Waals surface area contributed by atoms with Gasteiger partial charge in [0.25, 0.3) is 0 Å². The number of rotatable bonds is 13. The van der Waals surface area contributed by atoms with Crippen LogP contribution in [0.25, 0.3) is 6.08 Å². The molecule has 0 fully saturated rings. The average Bonchev–Trinajstić information content (AvgIpc) is 2.74. The van der Waals surface area contributed by atoms with Gasteiger partial charge in [0, 0.05) is 20.3 Å². The molecule has 0 aliphatic heterocycles. The Balaban J connectivity index is 3.54. The van der Waals surface area contributed by atoms with Crippen molar-refractivity contribution in [2.24, 2.45) is 0 Å². The van der Waals surface area contributed by atoms with Crippen molar-refractivity contribution in [3.05, 3.63) is 17.5 Å². The van der Waals surface area contributed by atoms with Crippen LogP contribution in [0.4, 0.5) is 5.82 Å². The first-order chi connectivity index (χ1) is 15.7. The molecule has 1 unspecified atom stereocenters. The molecule has 34 heavy (non-hydrogen) atoms. The largest absolute Gasteiger partial charge is 0.462 e. The summed E-state index contributed by atoms with van der Waals surface area (Å²) in [5.41, 5.74) is 0.490. The Hall–Kier alpha value is -1.58. The summed E-state index contributed by atoms with van der Waals surface area (Å²) in [6, 6.07) is 0. The summed E-state index contributed by atoms with van der Waals surface area (Å²) in [5.74, 6) is 0.0628. The van der Waals surface area contributed by atoms with Crippen LogP contribution in [-0.2, 0) is 9.16 Å². The van der Waals surface area contributed by atoms with Crippen molar-refractivity contribution in [3.63, 3.8) is 0 Å². The number of nitrogens with zero attached hydrogens (tertiary/aromatic N) is 3. The van der Waals surface area contributed by atoms with Crippen molar-refractivity contribution in [2.75, 3.05) is 38.9 Å². The van der Waals surface area contributed by atoms with Gasteiger partial charge in [0.1, 0.15) is 11.4 Å². The van der Waals surface area contributed by atoms with Crippen LogP contribution in [0.5, 0.6) is 0 Å². The molecular weight excluding hydrogens is 464 g/mol. The minimum Gasteiger partial charge on any atom is -0.462 e. The van der Waals surface area contributed by atoms with Crippen LogP contribution in [0.15, 0.2) is 11.4 Å². The monoisotopic (exact) mass is 510 g/mol. The molecule has 1 atom stereocenters. The predicted octanol–water partition coefficient (Wildman–Crippen LogP) is 6.29. The first kappa shape index (κ1) is 30.4. The molecule has 0 aromatic carbocycles. The molecule has 0 spiro atoms. The number of hydrogen-bond acceptors (Lipinski definition) is 8. The third-order valence-corrected chi connectivity index (χ3v) is 11.2. The molecule has 1 heterocycles. The molecule has 7 nitrogen and oxygen atoms in total. The summed E-state index contributed by atoms with van der Waals surface area (Å²) in [6.45, 7) is 18.2. The van der Waals surface area contributed by atoms with E-state index in [9.17, 15) is 4.79 Å². The highest BCUT2D eigenvalue weighted by molar-refractivity contribution is 7.98. The third kappa shape index (κ3) is 8.89. The van der Waals surface area contributed by atoms with Crippen LogP contribution in [-0.4, -0.2) is 68.3 Å². The van der Waals surface area contributed by atoms with E-state index < -0.39 is 19.8 Å². The second-order valence-electron chi connectivity index (χ2n) is 10.7. The fourth-order valence-electron chi connectivity index (χ4n) is 2.96. The minimum atomic E-state index is -1.96. The lowest BCUT2D eigenvalue weighted by molar-refractivity contribution is 0.0525. The Bertz CT molecular complexity index is 840. The fourth-order valence-corrected chi connectivity index (χ4v) is 4.45. The Morgan fingerprint density at radius 2 is 1.82 bits per heavy atom. The molecule has 0 bridgehead atoms. The highest BCUT2D eigenvalue weighted by Gasteiger charge is 2.39. The SMILES string of the molecule is CCCCC(C)(CO[Si](C)(C)C(C)(C)C)Nc1nc(SC)nc(C=CN(C)C)c1C(=O)OCC. The van der Waals surface area contributed by atoms with E-state index in [2.05, 4.69) is 58.0 Å². The van der Waals surface area contributed by atoms with E-state index in [1.807, 2.05) is 37.5 Å². The summed E-state index contributed by atoms with van der Waals surface area (Å²) in [5, 5.41) is 4.31. The summed E-state index contributed by atoms with van der Waals surface area (Å²) < 4.78 is 12.0. The van der Waals surface area contributed by atoms with E-state index in [-0.39, 0.29) is 11.6 Å². The van der Waals surface area contributed by atoms with E-state index in [0.29, 0.717) is 28.8 Å². The van der Waals surface area contributed by atoms with Crippen LogP contribution in [0.3, 0.4) is 0 Å². The van der Waals surface area contributed by atoms with Crippen LogP contribution < -0.4 is 5.32 Å². The van der Waals surface area contributed by atoms with E-state index in [1.54, 1.807) is 6.92 Å². The molecule has 194 valence electrons. The van der Waals surface area contributed by atoms with Gasteiger partial charge in [0.05, 0.1) is 24.4 Å². The van der Waals surface area contributed by atoms with Gasteiger partial charge in [-0.3, -0.25) is 0 Å². The molecule has 0 saturated heterocycles. The number of thioether (sulfide) groups is 1. The number of hydrogen-bond donors (Lipinski definition) is 1. The van der Waals surface area contributed by atoms with Gasteiger partial charge >= 0.3 is 5.97 Å². The molecule has 0 saturated carbocycles. The molecule has 1 N–H and O–H groups in total. The van der Waals surface area contributed by atoms with E-state index >= 15 is 0 Å². The lowest BCUT2D eigenvalue weighted by atomic mass is 9.95. The molecule has 0 aliphatic rings. The molecule has 0 aliphatic carbocycles. The normalized spacial score (nSPS) is 14.2. The number of unbranched alkanes of at least 4 members (excludes halogenated alkanes) is 1. The van der Waals surface area contributed by atoms with Gasteiger partial charge in [-0.1, -0.05) is 52.3 Å². The molecular formula is C25H46N4O3SSi. The average molecular weight is 511 g/mol. The van der Waals surface area contributed by atoms with Crippen molar-refractivity contribution in [1.82, 2.24) is 14.9 Å². The number of ether oxygens (including phenoxy) is 1. The van der Waals surface area contributed by atoms with E-state index in [0.717, 1.165) is 19.3 Å². The maximum Gasteiger partial charge on any atom is 0.344 e. The summed E-state index contributed by atoms with van der Waals surface area (Å²) >= 11 is 1.44. The second kappa shape index (κ2) is 12.9. The van der Waals surface area contributed by atoms with Gasteiger partial charge in [0.15, 0.2) is 13.5 Å². The van der Waals surface area contributed by atoms with Crippen LogP contribution in [0, 0.1) is 0 Å². The molecule has 0 radical (unpaired) electrons. The van der Waals surface area contributed by atoms with Crippen LogP contribution in [0.2, 0.25) is 18.1 Å². The lowest BCUT2D eigenvalue weighted by Gasteiger charge is -2.40. The molecule has 0 amide bonds. The van der Waals surface area contributed by atoms with Crippen LogP contribution in [0.1, 0.15) is 76.9 Å². The zero-order valence-corrected chi connectivity index (χ0v) is 25.0. The van der Waals surface area contributed by atoms with Crippen molar-refractivity contribution in [2.45, 2.75) is 89.6 Å². The van der Waals surface area contributed by atoms with Crippen molar-refractivity contribution < 1.29 is 14.0 Å². The zero-order valence-electron chi connectivity index (χ0n) is 23.2. The maximum atomic E-state index is 13.1. The van der Waals surface area contributed by atoms with Gasteiger partial charge in [-0.2, -0.15) is 0 Å². The zero-order chi connectivity index (χ0) is 26.2. The van der Waals surface area contributed by atoms with Gasteiger partial charge in [0.2, 0.25) is 0 Å². The molecule has 9 heteroatoms. The van der Waals surface area contributed by atoms with Crippen LogP contribution >= 0.6 is 11.8 Å². The molecule has 1 aromatic rings. The number of anilines is 1. The summed E-state index contributed by atoms with van der Waals surface area (Å²) in [6.07, 6.45) is 8.62. The van der Waals surface area contributed by atoms with E-state index in [4.69, 9.17) is 14.1 Å². The Morgan fingerprint density at radius 1 is 1.18 bits per heavy atom. The molecule has 1 rings (SSSR count). The Morgan fingerprint density at radius 3 is 2.32 bits per heavy atom. The fraction of sp³-hybridized carbons (Fsp3) is 0.720. The number of nitrogens with one attached hydrogen (secondary N) is 1. The first-order valence-corrected chi connectivity index (χ1v) is 16.2. The number of aromatic nitrogens is 2.